The average molecular weight is 208 g/mol. The molecule has 0 spiro atoms. The molecule has 1 rings (SSSR count). The number of nitrogens with two attached hydrogens (primary N) is 1. The second kappa shape index (κ2) is 5.48. The Bertz CT molecular complexity index is 339. The van der Waals surface area contributed by atoms with Gasteiger partial charge in [-0.2, -0.15) is 0 Å². The lowest BCUT2D eigenvalue weighted by atomic mass is 10.1. The summed E-state index contributed by atoms with van der Waals surface area (Å²) in [5.41, 5.74) is 7.20. The molecule has 82 valence electrons. The van der Waals surface area contributed by atoms with Crippen LogP contribution in [0.3, 0.4) is 0 Å². The van der Waals surface area contributed by atoms with Crippen LogP contribution in [0.4, 0.5) is 5.69 Å². The third kappa shape index (κ3) is 3.04. The molecule has 0 fully saturated rings. The van der Waals surface area contributed by atoms with Crippen LogP contribution in [-0.4, -0.2) is 23.7 Å². The molecule has 4 N–H and O–H groups in total. The number of aliphatic hydroxyl groups is 1. The molecule has 1 aromatic rings. The molecule has 0 aromatic heterocycles. The van der Waals surface area contributed by atoms with Crippen molar-refractivity contribution in [3.05, 3.63) is 29.8 Å². The molecule has 0 saturated carbocycles. The predicted molar refractivity (Wildman–Crippen MR) is 59.5 cm³/mol. The fraction of sp³-hybridized carbons (Fsp3) is 0.364. The van der Waals surface area contributed by atoms with Gasteiger partial charge in [-0.05, 0) is 18.1 Å². The lowest BCUT2D eigenvalue weighted by molar-refractivity contribution is -0.118. The molecule has 0 aliphatic rings. The van der Waals surface area contributed by atoms with Crippen molar-refractivity contribution in [2.45, 2.75) is 19.4 Å². The van der Waals surface area contributed by atoms with Crippen LogP contribution in [0.15, 0.2) is 24.3 Å². The van der Waals surface area contributed by atoms with E-state index in [1.165, 1.54) is 0 Å². The van der Waals surface area contributed by atoms with Crippen molar-refractivity contribution in [2.24, 2.45) is 5.73 Å². The van der Waals surface area contributed by atoms with Crippen molar-refractivity contribution in [1.82, 2.24) is 0 Å². The van der Waals surface area contributed by atoms with Gasteiger partial charge in [0.05, 0.1) is 6.61 Å². The summed E-state index contributed by atoms with van der Waals surface area (Å²) in [5, 5.41) is 11.4. The van der Waals surface area contributed by atoms with Crippen molar-refractivity contribution < 1.29 is 9.90 Å². The molecule has 0 heterocycles. The van der Waals surface area contributed by atoms with Gasteiger partial charge >= 0.3 is 0 Å². The summed E-state index contributed by atoms with van der Waals surface area (Å²) in [6, 6.07) is 6.66. The minimum Gasteiger partial charge on any atom is -0.394 e. The number of hydrogen-bond donors (Lipinski definition) is 3. The van der Waals surface area contributed by atoms with Crippen LogP contribution < -0.4 is 11.1 Å². The number of carbonyl (C=O) groups is 1. The van der Waals surface area contributed by atoms with E-state index in [9.17, 15) is 4.79 Å². The van der Waals surface area contributed by atoms with Gasteiger partial charge in [0, 0.05) is 5.69 Å². The number of hydrogen-bond acceptors (Lipinski definition) is 3. The summed E-state index contributed by atoms with van der Waals surface area (Å²) in [7, 11) is 0. The van der Waals surface area contributed by atoms with Gasteiger partial charge in [-0.15, -0.1) is 0 Å². The fourth-order valence-electron chi connectivity index (χ4n) is 1.26. The molecule has 0 radical (unpaired) electrons. The zero-order chi connectivity index (χ0) is 11.3. The Balaban J connectivity index is 2.76. The number of aliphatic hydroxyl groups excluding tert-OH is 1. The second-order valence-electron chi connectivity index (χ2n) is 3.29. The van der Waals surface area contributed by atoms with Crippen molar-refractivity contribution >= 4 is 11.6 Å². The largest absolute Gasteiger partial charge is 0.394 e. The molecule has 1 aromatic carbocycles. The van der Waals surface area contributed by atoms with E-state index in [0.717, 1.165) is 17.7 Å². The molecule has 1 amide bonds. The Morgan fingerprint density at radius 2 is 2.20 bits per heavy atom. The molecule has 15 heavy (non-hydrogen) atoms. The third-order valence-electron chi connectivity index (χ3n) is 2.19. The van der Waals surface area contributed by atoms with Crippen LogP contribution in [0, 0.1) is 0 Å². The first kappa shape index (κ1) is 11.7. The van der Waals surface area contributed by atoms with Crippen LogP contribution in [-0.2, 0) is 11.2 Å². The Kier molecular flexibility index (Phi) is 4.27. The molecular weight excluding hydrogens is 192 g/mol. The number of para-hydroxylation sites is 1. The van der Waals surface area contributed by atoms with E-state index in [-0.39, 0.29) is 12.5 Å². The van der Waals surface area contributed by atoms with Gasteiger partial charge in [0.25, 0.3) is 0 Å². The van der Waals surface area contributed by atoms with Gasteiger partial charge in [-0.3, -0.25) is 4.79 Å². The summed E-state index contributed by atoms with van der Waals surface area (Å²) in [6.07, 6.45) is 0.838. The van der Waals surface area contributed by atoms with Crippen molar-refractivity contribution in [3.8, 4) is 0 Å². The summed E-state index contributed by atoms with van der Waals surface area (Å²) in [5.74, 6) is -0.363. The lowest BCUT2D eigenvalue weighted by Crippen LogP contribution is -2.38. The van der Waals surface area contributed by atoms with Crippen LogP contribution in [0.5, 0.6) is 0 Å². The Labute approximate surface area is 89.1 Å². The zero-order valence-electron chi connectivity index (χ0n) is 8.73. The highest BCUT2D eigenvalue weighted by molar-refractivity contribution is 5.95. The molecule has 0 bridgehead atoms. The van der Waals surface area contributed by atoms with E-state index in [1.807, 2.05) is 31.2 Å². The Hall–Kier alpha value is -1.39. The molecule has 4 heteroatoms. The smallest absolute Gasteiger partial charge is 0.243 e. The zero-order valence-corrected chi connectivity index (χ0v) is 8.73. The van der Waals surface area contributed by atoms with Crippen LogP contribution in [0.2, 0.25) is 0 Å². The number of nitrogens with one attached hydrogen (secondary N) is 1. The molecule has 4 nitrogen and oxygen atoms in total. The average Bonchev–Trinajstić information content (AvgIpc) is 2.28. The number of aryl methyl sites for hydroxylation is 1. The standard InChI is InChI=1S/C11H16N2O2/c1-2-8-5-3-4-6-10(8)13-11(15)9(12)7-14/h3-6,9,14H,2,7,12H2,1H3,(H,13,15). The van der Waals surface area contributed by atoms with Crippen LogP contribution in [0.1, 0.15) is 12.5 Å². The summed E-state index contributed by atoms with van der Waals surface area (Å²) in [6.45, 7) is 1.66. The van der Waals surface area contributed by atoms with Crippen molar-refractivity contribution in [1.29, 1.82) is 0 Å². The maximum absolute atomic E-state index is 11.4. The topological polar surface area (TPSA) is 75.4 Å². The van der Waals surface area contributed by atoms with Gasteiger partial charge in [0.2, 0.25) is 5.91 Å². The number of anilines is 1. The number of benzene rings is 1. The van der Waals surface area contributed by atoms with E-state index in [4.69, 9.17) is 10.8 Å². The summed E-state index contributed by atoms with van der Waals surface area (Å²) >= 11 is 0. The first-order valence-electron chi connectivity index (χ1n) is 4.94. The quantitative estimate of drug-likeness (QED) is 0.674. The van der Waals surface area contributed by atoms with E-state index >= 15 is 0 Å². The van der Waals surface area contributed by atoms with Gasteiger partial charge in [-0.25, -0.2) is 0 Å². The van der Waals surface area contributed by atoms with Gasteiger partial charge in [0.1, 0.15) is 6.04 Å². The predicted octanol–water partition coefficient (Wildman–Crippen LogP) is 0.507. The molecule has 1 unspecified atom stereocenters. The first-order chi connectivity index (χ1) is 7.19. The monoisotopic (exact) mass is 208 g/mol. The fourth-order valence-corrected chi connectivity index (χ4v) is 1.26. The summed E-state index contributed by atoms with van der Waals surface area (Å²) < 4.78 is 0. The van der Waals surface area contributed by atoms with Crippen molar-refractivity contribution in [2.75, 3.05) is 11.9 Å². The molecular formula is C11H16N2O2. The molecule has 0 saturated heterocycles. The van der Waals surface area contributed by atoms with E-state index in [1.54, 1.807) is 0 Å². The number of amides is 1. The van der Waals surface area contributed by atoms with Gasteiger partial charge < -0.3 is 16.2 Å². The lowest BCUT2D eigenvalue weighted by Gasteiger charge is -2.12. The maximum Gasteiger partial charge on any atom is 0.243 e. The highest BCUT2D eigenvalue weighted by atomic mass is 16.3. The second-order valence-corrected chi connectivity index (χ2v) is 3.29. The molecule has 0 aliphatic heterocycles. The normalized spacial score (nSPS) is 12.2. The first-order valence-corrected chi connectivity index (χ1v) is 4.94. The minimum absolute atomic E-state index is 0.347. The highest BCUT2D eigenvalue weighted by Crippen LogP contribution is 2.15. The number of carbonyl (C=O) groups excluding carboxylic acids is 1. The van der Waals surface area contributed by atoms with Crippen LogP contribution >= 0.6 is 0 Å². The molecule has 1 atom stereocenters. The van der Waals surface area contributed by atoms with E-state index in [0.29, 0.717) is 0 Å². The van der Waals surface area contributed by atoms with Crippen molar-refractivity contribution in [3.63, 3.8) is 0 Å². The SMILES string of the molecule is CCc1ccccc1NC(=O)C(N)CO. The minimum atomic E-state index is -0.866. The van der Waals surface area contributed by atoms with E-state index < -0.39 is 6.04 Å². The Morgan fingerprint density at radius 1 is 1.53 bits per heavy atom. The Morgan fingerprint density at radius 3 is 2.80 bits per heavy atom. The van der Waals surface area contributed by atoms with Gasteiger partial charge in [-0.1, -0.05) is 25.1 Å². The van der Waals surface area contributed by atoms with Gasteiger partial charge in [0.15, 0.2) is 0 Å². The van der Waals surface area contributed by atoms with Crippen LogP contribution in [0.25, 0.3) is 0 Å². The highest BCUT2D eigenvalue weighted by Gasteiger charge is 2.12. The van der Waals surface area contributed by atoms with E-state index in [2.05, 4.69) is 5.32 Å². The maximum atomic E-state index is 11.4. The third-order valence-corrected chi connectivity index (χ3v) is 2.19. The summed E-state index contributed by atoms with van der Waals surface area (Å²) in [4.78, 5) is 11.4. The molecule has 0 aliphatic carbocycles. The number of rotatable bonds is 4.